The van der Waals surface area contributed by atoms with Crippen LogP contribution in [-0.2, 0) is 18.4 Å². The molecule has 0 unspecified atom stereocenters. The number of halogens is 2. The van der Waals surface area contributed by atoms with Crippen LogP contribution in [0.15, 0.2) is 30.6 Å². The van der Waals surface area contributed by atoms with Gasteiger partial charge in [0.2, 0.25) is 5.91 Å². The van der Waals surface area contributed by atoms with Crippen LogP contribution in [0.4, 0.5) is 8.78 Å². The van der Waals surface area contributed by atoms with Gasteiger partial charge in [0.05, 0.1) is 12.7 Å². The highest BCUT2D eigenvalue weighted by Crippen LogP contribution is 2.08. The van der Waals surface area contributed by atoms with Gasteiger partial charge in [-0.25, -0.2) is 8.78 Å². The number of rotatable bonds is 7. The van der Waals surface area contributed by atoms with Gasteiger partial charge >= 0.3 is 0 Å². The van der Waals surface area contributed by atoms with Crippen molar-refractivity contribution in [2.24, 2.45) is 7.05 Å². The van der Waals surface area contributed by atoms with Crippen molar-refractivity contribution in [1.29, 1.82) is 0 Å². The van der Waals surface area contributed by atoms with E-state index >= 15 is 0 Å². The van der Waals surface area contributed by atoms with E-state index < -0.39 is 17.5 Å². The molecule has 2 aromatic rings. The first-order chi connectivity index (χ1) is 11.9. The Labute approximate surface area is 144 Å². The largest absolute Gasteiger partial charge is 0.343 e. The summed E-state index contributed by atoms with van der Waals surface area (Å²) >= 11 is 0. The Morgan fingerprint density at radius 3 is 2.48 bits per heavy atom. The third-order valence-electron chi connectivity index (χ3n) is 3.50. The lowest BCUT2D eigenvalue weighted by Crippen LogP contribution is -2.40. The maximum absolute atomic E-state index is 13.2. The lowest BCUT2D eigenvalue weighted by atomic mass is 10.2. The summed E-state index contributed by atoms with van der Waals surface area (Å²) < 4.78 is 28.0. The zero-order valence-corrected chi connectivity index (χ0v) is 14.1. The number of nitrogens with zero attached hydrogens (tertiary/aromatic N) is 3. The summed E-state index contributed by atoms with van der Waals surface area (Å²) in [6.07, 6.45) is 4.24. The molecule has 2 amide bonds. The first kappa shape index (κ1) is 18.6. The summed E-state index contributed by atoms with van der Waals surface area (Å²) in [5, 5.41) is 6.46. The van der Waals surface area contributed by atoms with E-state index in [1.807, 2.05) is 13.1 Å². The molecule has 0 bridgehead atoms. The van der Waals surface area contributed by atoms with Gasteiger partial charge in [-0.15, -0.1) is 0 Å². The minimum Gasteiger partial charge on any atom is -0.343 e. The number of aromatic nitrogens is 2. The second-order valence-corrected chi connectivity index (χ2v) is 5.68. The highest BCUT2D eigenvalue weighted by atomic mass is 19.1. The first-order valence-corrected chi connectivity index (χ1v) is 7.88. The van der Waals surface area contributed by atoms with E-state index in [1.54, 1.807) is 22.8 Å². The second kappa shape index (κ2) is 8.36. The van der Waals surface area contributed by atoms with Crippen molar-refractivity contribution >= 4 is 11.8 Å². The van der Waals surface area contributed by atoms with Gasteiger partial charge in [0.1, 0.15) is 11.6 Å². The Bertz CT molecular complexity index is 741. The molecule has 0 spiro atoms. The molecule has 134 valence electrons. The van der Waals surface area contributed by atoms with Gasteiger partial charge in [0.25, 0.3) is 5.91 Å². The molecule has 8 heteroatoms. The molecule has 25 heavy (non-hydrogen) atoms. The normalized spacial score (nSPS) is 10.6. The van der Waals surface area contributed by atoms with Gasteiger partial charge in [0.15, 0.2) is 0 Å². The number of nitrogens with one attached hydrogen (secondary N) is 1. The van der Waals surface area contributed by atoms with E-state index in [0.29, 0.717) is 19.2 Å². The number of aryl methyl sites for hydroxylation is 1. The lowest BCUT2D eigenvalue weighted by molar-refractivity contribution is -0.130. The van der Waals surface area contributed by atoms with E-state index in [2.05, 4.69) is 10.4 Å². The van der Waals surface area contributed by atoms with Crippen LogP contribution in [-0.4, -0.2) is 39.6 Å². The predicted octanol–water partition coefficient (Wildman–Crippen LogP) is 1.87. The summed E-state index contributed by atoms with van der Waals surface area (Å²) in [6, 6.07) is 2.52. The number of amides is 2. The molecule has 0 saturated carbocycles. The highest BCUT2D eigenvalue weighted by Gasteiger charge is 2.16. The van der Waals surface area contributed by atoms with Gasteiger partial charge in [-0.3, -0.25) is 14.3 Å². The lowest BCUT2D eigenvalue weighted by Gasteiger charge is -2.21. The van der Waals surface area contributed by atoms with Crippen LogP contribution in [0.2, 0.25) is 0 Å². The van der Waals surface area contributed by atoms with Crippen LogP contribution < -0.4 is 5.32 Å². The smallest absolute Gasteiger partial charge is 0.251 e. The molecule has 6 nitrogen and oxygen atoms in total. The van der Waals surface area contributed by atoms with Gasteiger partial charge in [-0.1, -0.05) is 6.92 Å². The van der Waals surface area contributed by atoms with E-state index in [0.717, 1.165) is 24.1 Å². The number of hydrogen-bond acceptors (Lipinski definition) is 3. The maximum atomic E-state index is 13.2. The molecule has 0 atom stereocenters. The van der Waals surface area contributed by atoms with Gasteiger partial charge in [0, 0.05) is 43.5 Å². The van der Waals surface area contributed by atoms with Gasteiger partial charge < -0.3 is 10.2 Å². The molecule has 0 aliphatic rings. The molecule has 0 saturated heterocycles. The molecule has 1 aromatic carbocycles. The van der Waals surface area contributed by atoms with E-state index in [1.165, 1.54) is 0 Å². The van der Waals surface area contributed by atoms with Crippen LogP contribution >= 0.6 is 0 Å². The topological polar surface area (TPSA) is 67.2 Å². The quantitative estimate of drug-likeness (QED) is 0.829. The number of carbonyl (C=O) groups excluding carboxylic acids is 2. The Hall–Kier alpha value is -2.77. The first-order valence-electron chi connectivity index (χ1n) is 7.88. The van der Waals surface area contributed by atoms with Crippen molar-refractivity contribution < 1.29 is 18.4 Å². The average molecular weight is 350 g/mol. The molecular formula is C17H20F2N4O2. The highest BCUT2D eigenvalue weighted by molar-refractivity contribution is 5.96. The molecule has 2 rings (SSSR count). The minimum atomic E-state index is -0.847. The van der Waals surface area contributed by atoms with E-state index in [9.17, 15) is 18.4 Å². The van der Waals surface area contributed by atoms with Gasteiger partial charge in [-0.05, 0) is 18.6 Å². The molecular weight excluding hydrogens is 330 g/mol. The summed E-state index contributed by atoms with van der Waals surface area (Å²) in [7, 11) is 1.79. The van der Waals surface area contributed by atoms with Crippen LogP contribution in [0.1, 0.15) is 29.3 Å². The predicted molar refractivity (Wildman–Crippen MR) is 87.6 cm³/mol. The fraction of sp³-hybridized carbons (Fsp3) is 0.353. The molecule has 0 fully saturated rings. The summed E-state index contributed by atoms with van der Waals surface area (Å²) in [4.78, 5) is 25.9. The monoisotopic (exact) mass is 350 g/mol. The van der Waals surface area contributed by atoms with Crippen LogP contribution in [0.25, 0.3) is 0 Å². The molecule has 1 heterocycles. The second-order valence-electron chi connectivity index (χ2n) is 5.68. The summed E-state index contributed by atoms with van der Waals surface area (Å²) in [5.74, 6) is -2.68. The Morgan fingerprint density at radius 2 is 1.92 bits per heavy atom. The van der Waals surface area contributed by atoms with Crippen molar-refractivity contribution in [3.63, 3.8) is 0 Å². The average Bonchev–Trinajstić information content (AvgIpc) is 2.96. The molecule has 0 aliphatic carbocycles. The Morgan fingerprint density at radius 1 is 1.24 bits per heavy atom. The Balaban J connectivity index is 1.96. The molecule has 1 N–H and O–H groups in total. The summed E-state index contributed by atoms with van der Waals surface area (Å²) in [5.41, 5.74) is 0.711. The number of hydrogen-bond donors (Lipinski definition) is 1. The summed E-state index contributed by atoms with van der Waals surface area (Å²) in [6.45, 7) is 2.60. The van der Waals surface area contributed by atoms with Crippen molar-refractivity contribution in [3.8, 4) is 0 Å². The van der Waals surface area contributed by atoms with Crippen molar-refractivity contribution in [2.45, 2.75) is 19.9 Å². The zero-order chi connectivity index (χ0) is 18.4. The van der Waals surface area contributed by atoms with Crippen molar-refractivity contribution in [3.05, 3.63) is 53.4 Å². The minimum absolute atomic E-state index is 0.167. The standard InChI is InChI=1S/C17H20F2N4O2/c1-3-4-23(11-12-8-21-22(2)10-12)16(24)9-20-17(25)13-5-14(18)7-15(19)6-13/h5-8,10H,3-4,9,11H2,1-2H3,(H,20,25). The fourth-order valence-electron chi connectivity index (χ4n) is 2.39. The van der Waals surface area contributed by atoms with Crippen LogP contribution in [0.3, 0.4) is 0 Å². The fourth-order valence-corrected chi connectivity index (χ4v) is 2.39. The van der Waals surface area contributed by atoms with E-state index in [4.69, 9.17) is 0 Å². The van der Waals surface area contributed by atoms with Crippen molar-refractivity contribution in [2.75, 3.05) is 13.1 Å². The van der Waals surface area contributed by atoms with Crippen LogP contribution in [0.5, 0.6) is 0 Å². The number of benzene rings is 1. The SMILES string of the molecule is CCCN(Cc1cnn(C)c1)C(=O)CNC(=O)c1cc(F)cc(F)c1. The third kappa shape index (κ3) is 5.37. The Kier molecular flexibility index (Phi) is 6.21. The maximum Gasteiger partial charge on any atom is 0.251 e. The van der Waals surface area contributed by atoms with Crippen molar-refractivity contribution in [1.82, 2.24) is 20.0 Å². The number of carbonyl (C=O) groups is 2. The molecule has 1 aromatic heterocycles. The van der Waals surface area contributed by atoms with Gasteiger partial charge in [-0.2, -0.15) is 5.10 Å². The zero-order valence-electron chi connectivity index (χ0n) is 14.1. The van der Waals surface area contributed by atoms with Crippen LogP contribution in [0, 0.1) is 11.6 Å². The molecule has 0 aliphatic heterocycles. The third-order valence-corrected chi connectivity index (χ3v) is 3.50. The molecule has 0 radical (unpaired) electrons. The van der Waals surface area contributed by atoms with E-state index in [-0.39, 0.29) is 18.0 Å².